The lowest BCUT2D eigenvalue weighted by Crippen LogP contribution is -2.00. The van der Waals surface area contributed by atoms with Crippen LogP contribution in [0.15, 0.2) is 156 Å². The molecule has 4 nitrogen and oxygen atoms in total. The minimum atomic E-state index is 0.603. The maximum absolute atomic E-state index is 6.19. The molecule has 0 radical (unpaired) electrons. The van der Waals surface area contributed by atoms with Crippen LogP contribution in [0.4, 0.5) is 0 Å². The summed E-state index contributed by atoms with van der Waals surface area (Å²) >= 11 is 0. The first-order chi connectivity index (χ1) is 22.2. The fourth-order valence-electron chi connectivity index (χ4n) is 6.15. The maximum Gasteiger partial charge on any atom is 0.164 e. The molecule has 0 fully saturated rings. The Hall–Kier alpha value is -6.13. The third kappa shape index (κ3) is 4.52. The van der Waals surface area contributed by atoms with E-state index in [1.54, 1.807) is 0 Å². The number of furan rings is 1. The molecule has 7 aromatic carbocycles. The third-order valence-electron chi connectivity index (χ3n) is 8.49. The number of fused-ring (bicyclic) bond motifs is 5. The van der Waals surface area contributed by atoms with Crippen molar-refractivity contribution in [2.24, 2.45) is 0 Å². The third-order valence-corrected chi connectivity index (χ3v) is 8.49. The van der Waals surface area contributed by atoms with Crippen LogP contribution in [-0.2, 0) is 0 Å². The van der Waals surface area contributed by atoms with Gasteiger partial charge in [-0.1, -0.05) is 115 Å². The van der Waals surface area contributed by atoms with E-state index in [4.69, 9.17) is 19.4 Å². The number of hydrogen-bond donors (Lipinski definition) is 0. The first-order valence-corrected chi connectivity index (χ1v) is 15.0. The van der Waals surface area contributed by atoms with Gasteiger partial charge in [-0.15, -0.1) is 0 Å². The van der Waals surface area contributed by atoms with Crippen molar-refractivity contribution < 1.29 is 4.42 Å². The number of rotatable bonds is 4. The molecule has 9 rings (SSSR count). The topological polar surface area (TPSA) is 51.8 Å². The van der Waals surface area contributed by atoms with Gasteiger partial charge < -0.3 is 4.42 Å². The fraction of sp³-hybridized carbons (Fsp3) is 0. The summed E-state index contributed by atoms with van der Waals surface area (Å²) in [5, 5.41) is 6.93. The van der Waals surface area contributed by atoms with Crippen LogP contribution in [0.25, 0.3) is 88.8 Å². The number of benzene rings is 7. The number of nitrogens with zero attached hydrogens (tertiary/aromatic N) is 3. The highest BCUT2D eigenvalue weighted by atomic mass is 16.3. The highest BCUT2D eigenvalue weighted by Gasteiger charge is 2.15. The van der Waals surface area contributed by atoms with E-state index in [2.05, 4.69) is 97.1 Å². The molecule has 0 atom stereocenters. The van der Waals surface area contributed by atoms with Gasteiger partial charge in [-0.25, -0.2) is 15.0 Å². The van der Waals surface area contributed by atoms with Gasteiger partial charge in [0, 0.05) is 27.5 Å². The Morgan fingerprint density at radius 1 is 0.311 bits per heavy atom. The van der Waals surface area contributed by atoms with Crippen molar-refractivity contribution in [3.63, 3.8) is 0 Å². The summed E-state index contributed by atoms with van der Waals surface area (Å²) in [5.74, 6) is 1.86. The van der Waals surface area contributed by atoms with Crippen molar-refractivity contribution in [2.45, 2.75) is 0 Å². The Balaban J connectivity index is 1.18. The summed E-state index contributed by atoms with van der Waals surface area (Å²) in [4.78, 5) is 14.9. The van der Waals surface area contributed by atoms with Gasteiger partial charge in [-0.2, -0.15) is 0 Å². The molecular formula is C41H25N3O. The first-order valence-electron chi connectivity index (χ1n) is 15.0. The molecule has 0 aliphatic rings. The molecular weight excluding hydrogens is 550 g/mol. The van der Waals surface area contributed by atoms with Crippen LogP contribution in [0.2, 0.25) is 0 Å². The normalized spacial score (nSPS) is 11.6. The summed E-state index contributed by atoms with van der Waals surface area (Å²) in [5.41, 5.74) is 6.79. The van der Waals surface area contributed by atoms with Gasteiger partial charge in [-0.05, 0) is 69.1 Å². The van der Waals surface area contributed by atoms with Gasteiger partial charge in [-0.3, -0.25) is 0 Å². The second kappa shape index (κ2) is 10.2. The Labute approximate surface area is 259 Å². The molecule has 0 aliphatic carbocycles. The second-order valence-corrected chi connectivity index (χ2v) is 11.3. The average molecular weight is 576 g/mol. The molecule has 2 aromatic heterocycles. The Kier molecular flexibility index (Phi) is 5.78. The molecule has 0 spiro atoms. The van der Waals surface area contributed by atoms with E-state index in [1.807, 2.05) is 54.6 Å². The summed E-state index contributed by atoms with van der Waals surface area (Å²) in [7, 11) is 0. The van der Waals surface area contributed by atoms with E-state index in [9.17, 15) is 0 Å². The van der Waals surface area contributed by atoms with E-state index in [1.165, 1.54) is 21.9 Å². The SMILES string of the molecule is c1ccc(-c2nc(-c3ccc4ccc(-c5ccc6ccccc6c5)cc4c3)nc(-c3ccc4c(c3)oc3ccccc34)n2)cc1. The Morgan fingerprint density at radius 3 is 1.60 bits per heavy atom. The molecule has 0 saturated heterocycles. The molecule has 0 N–H and O–H groups in total. The lowest BCUT2D eigenvalue weighted by molar-refractivity contribution is 0.669. The molecule has 0 bridgehead atoms. The van der Waals surface area contributed by atoms with Crippen LogP contribution in [0.5, 0.6) is 0 Å². The standard InChI is InChI=1S/C41H25N3O/c1-2-9-28(10-3-1)39-42-40(44-41(43-39)33-20-21-36-35-12-6-7-13-37(35)45-38(36)25-33)32-19-16-27-15-18-31(23-34(27)24-32)30-17-14-26-8-4-5-11-29(26)22-30/h1-25H. The molecule has 0 unspecified atom stereocenters. The molecule has 4 heteroatoms. The summed E-state index contributed by atoms with van der Waals surface area (Å²) in [6, 6.07) is 52.5. The molecule has 2 heterocycles. The molecule has 0 aliphatic heterocycles. The monoisotopic (exact) mass is 575 g/mol. The maximum atomic E-state index is 6.19. The lowest BCUT2D eigenvalue weighted by Gasteiger charge is -2.10. The Morgan fingerprint density at radius 2 is 0.822 bits per heavy atom. The first kappa shape index (κ1) is 25.4. The van der Waals surface area contributed by atoms with E-state index in [0.717, 1.165) is 49.4 Å². The van der Waals surface area contributed by atoms with Crippen LogP contribution < -0.4 is 0 Å². The van der Waals surface area contributed by atoms with Crippen LogP contribution in [0, 0.1) is 0 Å². The van der Waals surface area contributed by atoms with Gasteiger partial charge in [0.2, 0.25) is 0 Å². The van der Waals surface area contributed by atoms with Crippen molar-refractivity contribution >= 4 is 43.5 Å². The fourth-order valence-corrected chi connectivity index (χ4v) is 6.15. The zero-order chi connectivity index (χ0) is 29.7. The van der Waals surface area contributed by atoms with Gasteiger partial charge in [0.15, 0.2) is 17.5 Å². The minimum absolute atomic E-state index is 0.603. The van der Waals surface area contributed by atoms with E-state index in [-0.39, 0.29) is 0 Å². The molecule has 9 aromatic rings. The molecule has 210 valence electrons. The van der Waals surface area contributed by atoms with Crippen molar-refractivity contribution in [2.75, 3.05) is 0 Å². The van der Waals surface area contributed by atoms with Gasteiger partial charge in [0.1, 0.15) is 11.2 Å². The summed E-state index contributed by atoms with van der Waals surface area (Å²) < 4.78 is 6.19. The average Bonchev–Trinajstić information content (AvgIpc) is 3.49. The number of para-hydroxylation sites is 1. The minimum Gasteiger partial charge on any atom is -0.456 e. The van der Waals surface area contributed by atoms with E-state index in [0.29, 0.717) is 17.5 Å². The second-order valence-electron chi connectivity index (χ2n) is 11.3. The number of aromatic nitrogens is 3. The van der Waals surface area contributed by atoms with Crippen molar-refractivity contribution in [3.8, 4) is 45.3 Å². The highest BCUT2D eigenvalue weighted by molar-refractivity contribution is 6.05. The van der Waals surface area contributed by atoms with Gasteiger partial charge in [0.25, 0.3) is 0 Å². The van der Waals surface area contributed by atoms with Gasteiger partial charge >= 0.3 is 0 Å². The number of hydrogen-bond acceptors (Lipinski definition) is 4. The molecule has 45 heavy (non-hydrogen) atoms. The van der Waals surface area contributed by atoms with Crippen molar-refractivity contribution in [1.82, 2.24) is 15.0 Å². The van der Waals surface area contributed by atoms with Crippen molar-refractivity contribution in [3.05, 3.63) is 152 Å². The zero-order valence-electron chi connectivity index (χ0n) is 24.2. The van der Waals surface area contributed by atoms with Crippen molar-refractivity contribution in [1.29, 1.82) is 0 Å². The summed E-state index contributed by atoms with van der Waals surface area (Å²) in [6.07, 6.45) is 0. The lowest BCUT2D eigenvalue weighted by atomic mass is 9.98. The van der Waals surface area contributed by atoms with Crippen LogP contribution in [0.3, 0.4) is 0 Å². The van der Waals surface area contributed by atoms with E-state index >= 15 is 0 Å². The summed E-state index contributed by atoms with van der Waals surface area (Å²) in [6.45, 7) is 0. The predicted molar refractivity (Wildman–Crippen MR) is 184 cm³/mol. The molecule has 0 amide bonds. The van der Waals surface area contributed by atoms with Crippen LogP contribution >= 0.6 is 0 Å². The predicted octanol–water partition coefficient (Wildman–Crippen LogP) is 10.7. The van der Waals surface area contributed by atoms with Gasteiger partial charge in [0.05, 0.1) is 0 Å². The highest BCUT2D eigenvalue weighted by Crippen LogP contribution is 2.34. The largest absolute Gasteiger partial charge is 0.456 e. The van der Waals surface area contributed by atoms with E-state index < -0.39 is 0 Å². The van der Waals surface area contributed by atoms with Crippen LogP contribution in [0.1, 0.15) is 0 Å². The zero-order valence-corrected chi connectivity index (χ0v) is 24.2. The Bertz CT molecular complexity index is 2550. The van der Waals surface area contributed by atoms with Crippen LogP contribution in [-0.4, -0.2) is 15.0 Å². The molecule has 0 saturated carbocycles. The smallest absolute Gasteiger partial charge is 0.164 e. The quantitative estimate of drug-likeness (QED) is 0.209.